The summed E-state index contributed by atoms with van der Waals surface area (Å²) < 4.78 is 0. The summed E-state index contributed by atoms with van der Waals surface area (Å²) >= 11 is 6.09. The van der Waals surface area contributed by atoms with E-state index in [1.54, 1.807) is 0 Å². The molecule has 1 aromatic carbocycles. The molecular formula is C18H24ClN5. The van der Waals surface area contributed by atoms with Crippen LogP contribution in [0.3, 0.4) is 0 Å². The Bertz CT molecular complexity index is 638. The summed E-state index contributed by atoms with van der Waals surface area (Å²) in [7, 11) is 0. The van der Waals surface area contributed by atoms with Crippen LogP contribution in [0, 0.1) is 0 Å². The topological polar surface area (TPSA) is 44.3 Å². The highest BCUT2D eigenvalue weighted by atomic mass is 35.5. The first-order chi connectivity index (χ1) is 11.7. The molecule has 1 aromatic heterocycles. The van der Waals surface area contributed by atoms with Crippen LogP contribution in [0.2, 0.25) is 5.02 Å². The van der Waals surface area contributed by atoms with Gasteiger partial charge in [0, 0.05) is 67.9 Å². The summed E-state index contributed by atoms with van der Waals surface area (Å²) in [6, 6.07) is 8.08. The van der Waals surface area contributed by atoms with E-state index in [1.807, 2.05) is 30.6 Å². The van der Waals surface area contributed by atoms with Gasteiger partial charge in [-0.1, -0.05) is 24.6 Å². The van der Waals surface area contributed by atoms with Crippen molar-refractivity contribution in [2.75, 3.05) is 42.9 Å². The van der Waals surface area contributed by atoms with Gasteiger partial charge in [0.25, 0.3) is 0 Å². The lowest BCUT2D eigenvalue weighted by Crippen LogP contribution is -2.46. The van der Waals surface area contributed by atoms with Gasteiger partial charge in [0.05, 0.1) is 0 Å². The molecule has 0 spiro atoms. The monoisotopic (exact) mass is 345 g/mol. The second kappa shape index (κ2) is 8.31. The number of aromatic nitrogens is 2. The molecule has 1 aliphatic heterocycles. The molecule has 1 N–H and O–H groups in total. The van der Waals surface area contributed by atoms with Gasteiger partial charge in [-0.2, -0.15) is 0 Å². The third-order valence-electron chi connectivity index (χ3n) is 4.19. The maximum absolute atomic E-state index is 6.09. The third kappa shape index (κ3) is 4.58. The first-order valence-corrected chi connectivity index (χ1v) is 8.90. The maximum atomic E-state index is 6.09. The average molecular weight is 346 g/mol. The Morgan fingerprint density at radius 2 is 1.88 bits per heavy atom. The highest BCUT2D eigenvalue weighted by Crippen LogP contribution is 2.21. The van der Waals surface area contributed by atoms with Gasteiger partial charge in [-0.05, 0) is 24.6 Å². The normalized spacial score (nSPS) is 15.5. The van der Waals surface area contributed by atoms with Gasteiger partial charge in [-0.15, -0.1) is 0 Å². The van der Waals surface area contributed by atoms with Gasteiger partial charge < -0.3 is 10.2 Å². The van der Waals surface area contributed by atoms with Crippen molar-refractivity contribution in [3.63, 3.8) is 0 Å². The fourth-order valence-electron chi connectivity index (χ4n) is 2.86. The van der Waals surface area contributed by atoms with Crippen LogP contribution in [0.4, 0.5) is 11.6 Å². The predicted octanol–water partition coefficient (Wildman–Crippen LogP) is 3.27. The second-order valence-corrected chi connectivity index (χ2v) is 6.52. The molecule has 0 amide bonds. The number of rotatable bonds is 6. The van der Waals surface area contributed by atoms with E-state index in [2.05, 4.69) is 38.1 Å². The van der Waals surface area contributed by atoms with Crippen molar-refractivity contribution < 1.29 is 0 Å². The smallest absolute Gasteiger partial charge is 0.222 e. The van der Waals surface area contributed by atoms with E-state index in [4.69, 9.17) is 11.6 Å². The molecule has 128 valence electrons. The third-order valence-corrected chi connectivity index (χ3v) is 4.43. The first kappa shape index (κ1) is 17.0. The minimum absolute atomic E-state index is 0.714. The Morgan fingerprint density at radius 1 is 1.12 bits per heavy atom. The lowest BCUT2D eigenvalue weighted by atomic mass is 10.2. The fourth-order valence-corrected chi connectivity index (χ4v) is 3.04. The van der Waals surface area contributed by atoms with E-state index < -0.39 is 0 Å². The number of piperazine rings is 1. The summed E-state index contributed by atoms with van der Waals surface area (Å²) in [6.45, 7) is 8.02. The largest absolute Gasteiger partial charge is 0.369 e. The van der Waals surface area contributed by atoms with E-state index in [-0.39, 0.29) is 0 Å². The van der Waals surface area contributed by atoms with Crippen LogP contribution in [0.15, 0.2) is 36.7 Å². The predicted molar refractivity (Wildman–Crippen MR) is 99.8 cm³/mol. The number of hydrogen-bond acceptors (Lipinski definition) is 5. The number of hydrogen-bond donors (Lipinski definition) is 1. The summed E-state index contributed by atoms with van der Waals surface area (Å²) in [6.07, 6.45) is 4.92. The highest BCUT2D eigenvalue weighted by molar-refractivity contribution is 6.30. The van der Waals surface area contributed by atoms with Crippen LogP contribution in [0.5, 0.6) is 0 Å². The molecule has 2 heterocycles. The van der Waals surface area contributed by atoms with Gasteiger partial charge in [-0.3, -0.25) is 4.90 Å². The molecule has 1 fully saturated rings. The molecule has 5 nitrogen and oxygen atoms in total. The molecule has 1 saturated heterocycles. The van der Waals surface area contributed by atoms with Crippen molar-refractivity contribution in [1.82, 2.24) is 14.9 Å². The van der Waals surface area contributed by atoms with Crippen LogP contribution in [-0.2, 0) is 6.54 Å². The van der Waals surface area contributed by atoms with Crippen LogP contribution < -0.4 is 10.2 Å². The van der Waals surface area contributed by atoms with Gasteiger partial charge in [0.1, 0.15) is 0 Å². The van der Waals surface area contributed by atoms with E-state index in [1.165, 1.54) is 5.69 Å². The maximum Gasteiger partial charge on any atom is 0.222 e. The molecule has 0 bridgehead atoms. The van der Waals surface area contributed by atoms with Crippen molar-refractivity contribution in [3.05, 3.63) is 47.2 Å². The quantitative estimate of drug-likeness (QED) is 0.870. The lowest BCUT2D eigenvalue weighted by molar-refractivity contribution is 0.249. The van der Waals surface area contributed by atoms with Gasteiger partial charge in [-0.25, -0.2) is 9.97 Å². The molecular weight excluding hydrogens is 322 g/mol. The summed E-state index contributed by atoms with van der Waals surface area (Å²) in [5, 5.41) is 4.00. The summed E-state index contributed by atoms with van der Waals surface area (Å²) in [4.78, 5) is 13.6. The van der Waals surface area contributed by atoms with Crippen molar-refractivity contribution in [2.45, 2.75) is 19.9 Å². The minimum atomic E-state index is 0.714. The molecule has 2 aromatic rings. The number of nitrogens with zero attached hydrogens (tertiary/aromatic N) is 4. The molecule has 0 aliphatic carbocycles. The zero-order chi connectivity index (χ0) is 16.8. The Balaban J connectivity index is 1.50. The molecule has 24 heavy (non-hydrogen) atoms. The highest BCUT2D eigenvalue weighted by Gasteiger charge is 2.17. The molecule has 0 saturated carbocycles. The molecule has 6 heteroatoms. The second-order valence-electron chi connectivity index (χ2n) is 6.08. The van der Waals surface area contributed by atoms with Crippen molar-refractivity contribution in [2.24, 2.45) is 0 Å². The lowest BCUT2D eigenvalue weighted by Gasteiger charge is -2.36. The van der Waals surface area contributed by atoms with E-state index in [0.717, 1.165) is 56.3 Å². The van der Waals surface area contributed by atoms with Crippen LogP contribution in [0.25, 0.3) is 0 Å². The Morgan fingerprint density at radius 3 is 2.54 bits per heavy atom. The SMILES string of the molecule is CCCNc1ncc(CN2CCN(c3cccc(Cl)c3)CC2)cn1. The van der Waals surface area contributed by atoms with Crippen LogP contribution in [-0.4, -0.2) is 47.6 Å². The first-order valence-electron chi connectivity index (χ1n) is 8.52. The Kier molecular flexibility index (Phi) is 5.88. The zero-order valence-corrected chi connectivity index (χ0v) is 14.8. The van der Waals surface area contributed by atoms with Gasteiger partial charge in [0.2, 0.25) is 5.95 Å². The van der Waals surface area contributed by atoms with E-state index in [9.17, 15) is 0 Å². The Hall–Kier alpha value is -1.85. The van der Waals surface area contributed by atoms with Crippen LogP contribution in [0.1, 0.15) is 18.9 Å². The number of benzene rings is 1. The Labute approximate surface area is 148 Å². The fraction of sp³-hybridized carbons (Fsp3) is 0.444. The molecule has 1 aliphatic rings. The van der Waals surface area contributed by atoms with Crippen molar-refractivity contribution >= 4 is 23.2 Å². The van der Waals surface area contributed by atoms with E-state index >= 15 is 0 Å². The molecule has 0 unspecified atom stereocenters. The standard InChI is InChI=1S/C18H24ClN5/c1-2-6-20-18-21-12-15(13-22-18)14-23-7-9-24(10-8-23)17-5-3-4-16(19)11-17/h3-5,11-13H,2,6-10,14H2,1H3,(H,20,21,22). The number of halogens is 1. The van der Waals surface area contributed by atoms with Gasteiger partial charge >= 0.3 is 0 Å². The molecule has 0 atom stereocenters. The molecule has 0 radical (unpaired) electrons. The van der Waals surface area contributed by atoms with Crippen molar-refractivity contribution in [1.29, 1.82) is 0 Å². The van der Waals surface area contributed by atoms with Crippen molar-refractivity contribution in [3.8, 4) is 0 Å². The average Bonchev–Trinajstić information content (AvgIpc) is 2.62. The molecule has 3 rings (SSSR count). The number of nitrogens with one attached hydrogen (secondary N) is 1. The summed E-state index contributed by atoms with van der Waals surface area (Å²) in [5.74, 6) is 0.714. The van der Waals surface area contributed by atoms with E-state index in [0.29, 0.717) is 5.95 Å². The van der Waals surface area contributed by atoms with Gasteiger partial charge in [0.15, 0.2) is 0 Å². The summed E-state index contributed by atoms with van der Waals surface area (Å²) in [5.41, 5.74) is 2.37. The zero-order valence-electron chi connectivity index (χ0n) is 14.1. The number of anilines is 2. The van der Waals surface area contributed by atoms with Crippen LogP contribution >= 0.6 is 11.6 Å². The minimum Gasteiger partial charge on any atom is -0.369 e.